The first-order chi connectivity index (χ1) is 7.26. The standard InChI is InChI=1S/C14H30N2/c1-8-9-16(12(2)3)11-13(4)10-15-14(5,6)7/h8,12-13,15H,1,9-11H2,2-7H3. The molecule has 0 bridgehead atoms. The minimum atomic E-state index is 0.218. The van der Waals surface area contributed by atoms with E-state index in [-0.39, 0.29) is 5.54 Å². The predicted octanol–water partition coefficient (Wildman–Crippen LogP) is 2.91. The van der Waals surface area contributed by atoms with Crippen LogP contribution in [0, 0.1) is 5.92 Å². The molecule has 0 radical (unpaired) electrons. The van der Waals surface area contributed by atoms with E-state index in [9.17, 15) is 0 Å². The van der Waals surface area contributed by atoms with Crippen LogP contribution in [-0.2, 0) is 0 Å². The molecule has 1 unspecified atom stereocenters. The summed E-state index contributed by atoms with van der Waals surface area (Å²) in [7, 11) is 0. The van der Waals surface area contributed by atoms with Crippen LogP contribution in [0.1, 0.15) is 41.5 Å². The van der Waals surface area contributed by atoms with E-state index >= 15 is 0 Å². The lowest BCUT2D eigenvalue weighted by Gasteiger charge is -2.30. The average Bonchev–Trinajstić information content (AvgIpc) is 2.13. The van der Waals surface area contributed by atoms with Gasteiger partial charge in [-0.1, -0.05) is 13.0 Å². The molecule has 0 fully saturated rings. The van der Waals surface area contributed by atoms with Crippen LogP contribution in [0.15, 0.2) is 12.7 Å². The second-order valence-corrected chi connectivity index (χ2v) is 6.07. The zero-order valence-corrected chi connectivity index (χ0v) is 12.0. The van der Waals surface area contributed by atoms with Crippen LogP contribution in [0.4, 0.5) is 0 Å². The van der Waals surface area contributed by atoms with Crippen molar-refractivity contribution in [3.63, 3.8) is 0 Å². The second kappa shape index (κ2) is 7.08. The largest absolute Gasteiger partial charge is 0.312 e. The number of hydrogen-bond donors (Lipinski definition) is 1. The molecule has 0 saturated heterocycles. The van der Waals surface area contributed by atoms with Gasteiger partial charge < -0.3 is 5.32 Å². The summed E-state index contributed by atoms with van der Waals surface area (Å²) in [5.74, 6) is 0.668. The highest BCUT2D eigenvalue weighted by atomic mass is 15.1. The number of nitrogens with zero attached hydrogens (tertiary/aromatic N) is 1. The molecule has 96 valence electrons. The van der Waals surface area contributed by atoms with Crippen LogP contribution in [-0.4, -0.2) is 36.1 Å². The average molecular weight is 226 g/mol. The van der Waals surface area contributed by atoms with E-state index in [2.05, 4.69) is 58.3 Å². The molecule has 0 saturated carbocycles. The summed E-state index contributed by atoms with van der Waals surface area (Å²) >= 11 is 0. The molecule has 0 aliphatic heterocycles. The minimum Gasteiger partial charge on any atom is -0.312 e. The summed E-state index contributed by atoms with van der Waals surface area (Å²) in [6, 6.07) is 0.593. The highest BCUT2D eigenvalue weighted by Crippen LogP contribution is 2.06. The Morgan fingerprint density at radius 1 is 1.25 bits per heavy atom. The maximum atomic E-state index is 3.82. The summed E-state index contributed by atoms with van der Waals surface area (Å²) < 4.78 is 0. The molecule has 0 rings (SSSR count). The number of nitrogens with one attached hydrogen (secondary N) is 1. The summed E-state index contributed by atoms with van der Waals surface area (Å²) in [5, 5.41) is 3.56. The Hall–Kier alpha value is -0.340. The molecule has 1 N–H and O–H groups in total. The molecule has 0 aromatic carbocycles. The quantitative estimate of drug-likeness (QED) is 0.672. The molecule has 2 heteroatoms. The van der Waals surface area contributed by atoms with E-state index in [1.165, 1.54) is 0 Å². The van der Waals surface area contributed by atoms with E-state index < -0.39 is 0 Å². The van der Waals surface area contributed by atoms with Crippen molar-refractivity contribution in [3.05, 3.63) is 12.7 Å². The van der Waals surface area contributed by atoms with Crippen LogP contribution in [0.2, 0.25) is 0 Å². The Labute approximate surface area is 102 Å². The van der Waals surface area contributed by atoms with Crippen LogP contribution < -0.4 is 5.32 Å². The fourth-order valence-electron chi connectivity index (χ4n) is 1.61. The van der Waals surface area contributed by atoms with E-state index in [0.29, 0.717) is 12.0 Å². The number of hydrogen-bond acceptors (Lipinski definition) is 2. The Balaban J connectivity index is 3.99. The third kappa shape index (κ3) is 7.89. The first-order valence-electron chi connectivity index (χ1n) is 6.36. The highest BCUT2D eigenvalue weighted by molar-refractivity contribution is 4.79. The molecule has 0 spiro atoms. The molecular formula is C14H30N2. The Morgan fingerprint density at radius 2 is 1.81 bits per heavy atom. The van der Waals surface area contributed by atoms with Crippen molar-refractivity contribution >= 4 is 0 Å². The number of rotatable bonds is 7. The molecule has 0 aromatic rings. The molecule has 0 amide bonds. The molecule has 1 atom stereocenters. The van der Waals surface area contributed by atoms with Crippen molar-refractivity contribution in [3.8, 4) is 0 Å². The normalized spacial score (nSPS) is 14.5. The van der Waals surface area contributed by atoms with E-state index in [1.54, 1.807) is 0 Å². The highest BCUT2D eigenvalue weighted by Gasteiger charge is 2.15. The van der Waals surface area contributed by atoms with Crippen LogP contribution in [0.25, 0.3) is 0 Å². The van der Waals surface area contributed by atoms with Gasteiger partial charge in [0.1, 0.15) is 0 Å². The molecule has 0 aliphatic rings. The molecule has 0 aliphatic carbocycles. The van der Waals surface area contributed by atoms with Gasteiger partial charge in [-0.3, -0.25) is 4.90 Å². The van der Waals surface area contributed by atoms with Crippen molar-refractivity contribution in [2.24, 2.45) is 5.92 Å². The van der Waals surface area contributed by atoms with Gasteiger partial charge in [-0.15, -0.1) is 6.58 Å². The Bertz CT molecular complexity index is 191. The van der Waals surface area contributed by atoms with Crippen molar-refractivity contribution in [2.45, 2.75) is 53.1 Å². The summed E-state index contributed by atoms with van der Waals surface area (Å²) in [5.41, 5.74) is 0.218. The topological polar surface area (TPSA) is 15.3 Å². The lowest BCUT2D eigenvalue weighted by Crippen LogP contribution is -2.42. The van der Waals surface area contributed by atoms with Gasteiger partial charge >= 0.3 is 0 Å². The maximum absolute atomic E-state index is 3.82. The van der Waals surface area contributed by atoms with Gasteiger partial charge in [0.2, 0.25) is 0 Å². The minimum absolute atomic E-state index is 0.218. The fraction of sp³-hybridized carbons (Fsp3) is 0.857. The third-order valence-corrected chi connectivity index (χ3v) is 2.62. The fourth-order valence-corrected chi connectivity index (χ4v) is 1.61. The maximum Gasteiger partial charge on any atom is 0.0163 e. The zero-order chi connectivity index (χ0) is 12.8. The molecule has 16 heavy (non-hydrogen) atoms. The molecule has 0 aromatic heterocycles. The SMILES string of the molecule is C=CCN(CC(C)CNC(C)(C)C)C(C)C. The molecule has 2 nitrogen and oxygen atoms in total. The van der Waals surface area contributed by atoms with Gasteiger partial charge in [-0.25, -0.2) is 0 Å². The lowest BCUT2D eigenvalue weighted by atomic mass is 10.1. The van der Waals surface area contributed by atoms with Gasteiger partial charge in [0.05, 0.1) is 0 Å². The smallest absolute Gasteiger partial charge is 0.0163 e. The summed E-state index contributed by atoms with van der Waals surface area (Å²) in [6.45, 7) is 20.4. The van der Waals surface area contributed by atoms with Crippen LogP contribution >= 0.6 is 0 Å². The Kier molecular flexibility index (Phi) is 6.93. The van der Waals surface area contributed by atoms with Gasteiger partial charge in [0.15, 0.2) is 0 Å². The summed E-state index contributed by atoms with van der Waals surface area (Å²) in [6.07, 6.45) is 1.99. The predicted molar refractivity (Wildman–Crippen MR) is 73.8 cm³/mol. The summed E-state index contributed by atoms with van der Waals surface area (Å²) in [4.78, 5) is 2.46. The molecular weight excluding hydrogens is 196 g/mol. The van der Waals surface area contributed by atoms with Crippen LogP contribution in [0.5, 0.6) is 0 Å². The van der Waals surface area contributed by atoms with Gasteiger partial charge in [0, 0.05) is 24.7 Å². The van der Waals surface area contributed by atoms with Crippen LogP contribution in [0.3, 0.4) is 0 Å². The second-order valence-electron chi connectivity index (χ2n) is 6.07. The van der Waals surface area contributed by atoms with Gasteiger partial charge in [-0.05, 0) is 47.1 Å². The van der Waals surface area contributed by atoms with Crippen molar-refractivity contribution in [2.75, 3.05) is 19.6 Å². The van der Waals surface area contributed by atoms with Crippen molar-refractivity contribution in [1.82, 2.24) is 10.2 Å². The Morgan fingerprint density at radius 3 is 2.19 bits per heavy atom. The van der Waals surface area contributed by atoms with Crippen molar-refractivity contribution < 1.29 is 0 Å². The molecule has 0 heterocycles. The van der Waals surface area contributed by atoms with Gasteiger partial charge in [-0.2, -0.15) is 0 Å². The lowest BCUT2D eigenvalue weighted by molar-refractivity contribution is 0.205. The van der Waals surface area contributed by atoms with E-state index in [1.807, 2.05) is 6.08 Å². The zero-order valence-electron chi connectivity index (χ0n) is 12.0. The van der Waals surface area contributed by atoms with Crippen molar-refractivity contribution in [1.29, 1.82) is 0 Å². The van der Waals surface area contributed by atoms with Gasteiger partial charge in [0.25, 0.3) is 0 Å². The third-order valence-electron chi connectivity index (χ3n) is 2.62. The van der Waals surface area contributed by atoms with E-state index in [0.717, 1.165) is 19.6 Å². The van der Waals surface area contributed by atoms with E-state index in [4.69, 9.17) is 0 Å². The first kappa shape index (κ1) is 15.7. The first-order valence-corrected chi connectivity index (χ1v) is 6.36. The monoisotopic (exact) mass is 226 g/mol.